The Morgan fingerprint density at radius 1 is 1.30 bits per heavy atom. The Balaban J connectivity index is 1.66. The molecule has 0 bridgehead atoms. The van der Waals surface area contributed by atoms with E-state index in [0.717, 1.165) is 30.5 Å². The molecular formula is C20H21FN2O3S. The first kappa shape index (κ1) is 19.2. The van der Waals surface area contributed by atoms with Crippen LogP contribution in [0.25, 0.3) is 10.6 Å². The first-order chi connectivity index (χ1) is 13.0. The van der Waals surface area contributed by atoms with Crippen molar-refractivity contribution in [3.63, 3.8) is 0 Å². The topological polar surface area (TPSA) is 59.5 Å². The zero-order valence-corrected chi connectivity index (χ0v) is 16.1. The van der Waals surface area contributed by atoms with E-state index in [0.29, 0.717) is 22.1 Å². The predicted octanol–water partition coefficient (Wildman–Crippen LogP) is 4.33. The van der Waals surface area contributed by atoms with E-state index in [1.807, 2.05) is 6.92 Å². The number of ether oxygens (including phenoxy) is 1. The number of likely N-dealkylation sites (N-methyl/N-ethyl adjacent to an activating group) is 1. The number of aryl methyl sites for hydroxylation is 1. The summed E-state index contributed by atoms with van der Waals surface area (Å²) in [6.45, 7) is 3.87. The summed E-state index contributed by atoms with van der Waals surface area (Å²) in [6, 6.07) is 5.92. The number of amides is 1. The Labute approximate surface area is 161 Å². The summed E-state index contributed by atoms with van der Waals surface area (Å²) in [5, 5.41) is 0.608. The lowest BCUT2D eigenvalue weighted by molar-refractivity contribution is -0.132. The van der Waals surface area contributed by atoms with Crippen LogP contribution in [0, 0.1) is 12.7 Å². The highest BCUT2D eigenvalue weighted by Crippen LogP contribution is 2.28. The second-order valence-electron chi connectivity index (χ2n) is 6.24. The molecular weight excluding hydrogens is 367 g/mol. The maximum absolute atomic E-state index is 13.1. The highest BCUT2D eigenvalue weighted by molar-refractivity contribution is 7.17. The van der Waals surface area contributed by atoms with Crippen LogP contribution in [0.15, 0.2) is 36.0 Å². The Kier molecular flexibility index (Phi) is 6.01. The molecule has 27 heavy (non-hydrogen) atoms. The molecule has 7 heteroatoms. The van der Waals surface area contributed by atoms with Crippen LogP contribution in [0.4, 0.5) is 4.39 Å². The minimum atomic E-state index is -0.567. The minimum absolute atomic E-state index is 0.222. The normalized spacial score (nSPS) is 13.4. The molecule has 3 rings (SSSR count). The zero-order valence-electron chi connectivity index (χ0n) is 15.3. The Morgan fingerprint density at radius 2 is 2.04 bits per heavy atom. The van der Waals surface area contributed by atoms with Gasteiger partial charge in [-0.15, -0.1) is 11.3 Å². The highest BCUT2D eigenvalue weighted by Gasteiger charge is 2.22. The number of halogens is 1. The molecule has 1 heterocycles. The summed E-state index contributed by atoms with van der Waals surface area (Å²) < 4.78 is 18.3. The van der Waals surface area contributed by atoms with Crippen molar-refractivity contribution in [3.8, 4) is 10.6 Å². The smallest absolute Gasteiger partial charge is 0.350 e. The minimum Gasteiger partial charge on any atom is -0.451 e. The van der Waals surface area contributed by atoms with Gasteiger partial charge in [0.05, 0.1) is 5.69 Å². The number of benzene rings is 1. The number of nitrogens with zero attached hydrogens (tertiary/aromatic N) is 2. The lowest BCUT2D eigenvalue weighted by Crippen LogP contribution is -2.33. The van der Waals surface area contributed by atoms with Gasteiger partial charge in [0.1, 0.15) is 15.7 Å². The van der Waals surface area contributed by atoms with E-state index < -0.39 is 5.97 Å². The number of thiazole rings is 1. The van der Waals surface area contributed by atoms with E-state index >= 15 is 0 Å². The molecule has 1 amide bonds. The maximum atomic E-state index is 13.1. The summed E-state index contributed by atoms with van der Waals surface area (Å²) in [6.07, 6.45) is 4.96. The quantitative estimate of drug-likeness (QED) is 0.691. The molecule has 1 aliphatic carbocycles. The van der Waals surface area contributed by atoms with Gasteiger partial charge in [-0.1, -0.05) is 6.08 Å². The molecule has 1 aromatic heterocycles. The van der Waals surface area contributed by atoms with Crippen LogP contribution in [0.2, 0.25) is 0 Å². The Morgan fingerprint density at radius 3 is 2.67 bits per heavy atom. The number of hydrogen-bond acceptors (Lipinski definition) is 5. The molecule has 0 radical (unpaired) electrons. The number of hydrogen-bond donors (Lipinski definition) is 0. The van der Waals surface area contributed by atoms with Gasteiger partial charge in [0.2, 0.25) is 0 Å². The fraction of sp³-hybridized carbons (Fsp3) is 0.350. The Bertz CT molecular complexity index is 874. The van der Waals surface area contributed by atoms with Gasteiger partial charge >= 0.3 is 5.97 Å². The SMILES string of the molecule is CCN(C(=O)COC(=O)c1sc(-c2ccc(F)cc2)nc1C)C1=CCCC1. The van der Waals surface area contributed by atoms with Crippen LogP contribution in [0.5, 0.6) is 0 Å². The molecule has 0 atom stereocenters. The first-order valence-electron chi connectivity index (χ1n) is 8.89. The van der Waals surface area contributed by atoms with E-state index in [1.165, 1.54) is 23.5 Å². The van der Waals surface area contributed by atoms with Crippen molar-refractivity contribution in [2.75, 3.05) is 13.2 Å². The summed E-state index contributed by atoms with van der Waals surface area (Å²) in [4.78, 5) is 31.2. The third-order valence-corrected chi connectivity index (χ3v) is 5.57. The Hall–Kier alpha value is -2.54. The highest BCUT2D eigenvalue weighted by atomic mass is 32.1. The van der Waals surface area contributed by atoms with Crippen molar-refractivity contribution in [3.05, 3.63) is 52.4 Å². The van der Waals surface area contributed by atoms with Crippen molar-refractivity contribution in [1.82, 2.24) is 9.88 Å². The van der Waals surface area contributed by atoms with Crippen LogP contribution >= 0.6 is 11.3 Å². The van der Waals surface area contributed by atoms with Gasteiger partial charge in [0.15, 0.2) is 6.61 Å². The fourth-order valence-electron chi connectivity index (χ4n) is 3.01. The summed E-state index contributed by atoms with van der Waals surface area (Å²) in [5.74, 6) is -1.12. The molecule has 0 N–H and O–H groups in total. The van der Waals surface area contributed by atoms with Gasteiger partial charge in [-0.05, 0) is 57.4 Å². The molecule has 2 aromatic rings. The number of esters is 1. The van der Waals surface area contributed by atoms with Crippen molar-refractivity contribution < 1.29 is 18.7 Å². The second-order valence-corrected chi connectivity index (χ2v) is 7.24. The molecule has 0 spiro atoms. The van der Waals surface area contributed by atoms with E-state index in [9.17, 15) is 14.0 Å². The second kappa shape index (κ2) is 8.43. The lowest BCUT2D eigenvalue weighted by Gasteiger charge is -2.21. The molecule has 1 aliphatic rings. The van der Waals surface area contributed by atoms with Gasteiger partial charge < -0.3 is 9.64 Å². The van der Waals surface area contributed by atoms with Crippen molar-refractivity contribution >= 4 is 23.2 Å². The van der Waals surface area contributed by atoms with Crippen LogP contribution in [-0.4, -0.2) is 34.9 Å². The van der Waals surface area contributed by atoms with E-state index in [4.69, 9.17) is 4.74 Å². The number of carbonyl (C=O) groups is 2. The van der Waals surface area contributed by atoms with Crippen LogP contribution in [0.1, 0.15) is 41.6 Å². The summed E-state index contributed by atoms with van der Waals surface area (Å²) in [7, 11) is 0. The fourth-order valence-corrected chi connectivity index (χ4v) is 3.98. The molecule has 0 saturated carbocycles. The van der Waals surface area contributed by atoms with Crippen LogP contribution in [-0.2, 0) is 9.53 Å². The van der Waals surface area contributed by atoms with Crippen molar-refractivity contribution in [1.29, 1.82) is 0 Å². The summed E-state index contributed by atoms with van der Waals surface area (Å²) >= 11 is 1.17. The van der Waals surface area contributed by atoms with Gasteiger partial charge in [-0.2, -0.15) is 0 Å². The van der Waals surface area contributed by atoms with Crippen molar-refractivity contribution in [2.45, 2.75) is 33.1 Å². The third-order valence-electron chi connectivity index (χ3n) is 4.38. The zero-order chi connectivity index (χ0) is 19.4. The van der Waals surface area contributed by atoms with Gasteiger partial charge in [-0.3, -0.25) is 4.79 Å². The molecule has 0 aliphatic heterocycles. The predicted molar refractivity (Wildman–Crippen MR) is 102 cm³/mol. The van der Waals surface area contributed by atoms with Gasteiger partial charge in [-0.25, -0.2) is 14.2 Å². The van der Waals surface area contributed by atoms with E-state index in [-0.39, 0.29) is 18.3 Å². The molecule has 142 valence electrons. The standard InChI is InChI=1S/C20H21FN2O3S/c1-3-23(16-6-4-5-7-16)17(24)12-26-20(25)18-13(2)22-19(27-18)14-8-10-15(21)11-9-14/h6,8-11H,3-5,7,12H2,1-2H3. The van der Waals surface area contributed by atoms with Gasteiger partial charge in [0, 0.05) is 17.8 Å². The maximum Gasteiger partial charge on any atom is 0.350 e. The molecule has 1 aromatic carbocycles. The number of carbonyl (C=O) groups excluding carboxylic acids is 2. The van der Waals surface area contributed by atoms with Crippen molar-refractivity contribution in [2.24, 2.45) is 0 Å². The molecule has 0 unspecified atom stereocenters. The first-order valence-corrected chi connectivity index (χ1v) is 9.71. The van der Waals surface area contributed by atoms with E-state index in [1.54, 1.807) is 24.0 Å². The van der Waals surface area contributed by atoms with Crippen LogP contribution in [0.3, 0.4) is 0 Å². The van der Waals surface area contributed by atoms with Crippen LogP contribution < -0.4 is 0 Å². The molecule has 0 fully saturated rings. The molecule has 5 nitrogen and oxygen atoms in total. The number of rotatable bonds is 6. The largest absolute Gasteiger partial charge is 0.451 e. The average Bonchev–Trinajstić information content (AvgIpc) is 3.31. The third kappa shape index (κ3) is 4.42. The monoisotopic (exact) mass is 388 g/mol. The number of aromatic nitrogens is 1. The summed E-state index contributed by atoms with van der Waals surface area (Å²) in [5.41, 5.74) is 2.26. The van der Waals surface area contributed by atoms with E-state index in [2.05, 4.69) is 11.1 Å². The van der Waals surface area contributed by atoms with Gasteiger partial charge in [0.25, 0.3) is 5.91 Å². The molecule has 0 saturated heterocycles. The average molecular weight is 388 g/mol. The lowest BCUT2D eigenvalue weighted by atomic mass is 10.2. The number of allylic oxidation sites excluding steroid dienone is 2.